The maximum atomic E-state index is 13.2. The molecular formula is C32H33N5O5. The van der Waals surface area contributed by atoms with Crippen molar-refractivity contribution in [2.75, 3.05) is 43.9 Å². The highest BCUT2D eigenvalue weighted by Gasteiger charge is 2.36. The number of nitrogens with zero attached hydrogens (tertiary/aromatic N) is 2. The number of carboxylic acids is 1. The first kappa shape index (κ1) is 27.6. The van der Waals surface area contributed by atoms with E-state index >= 15 is 0 Å². The van der Waals surface area contributed by atoms with Crippen molar-refractivity contribution in [3.05, 3.63) is 94.5 Å². The molecule has 0 saturated carbocycles. The lowest BCUT2D eigenvalue weighted by atomic mass is 9.91. The van der Waals surface area contributed by atoms with Crippen LogP contribution in [0.4, 0.5) is 11.4 Å². The van der Waals surface area contributed by atoms with Gasteiger partial charge in [0.15, 0.2) is 0 Å². The number of aromatic carboxylic acids is 1. The Labute approximate surface area is 243 Å². The summed E-state index contributed by atoms with van der Waals surface area (Å²) in [5.41, 5.74) is 4.68. The summed E-state index contributed by atoms with van der Waals surface area (Å²) in [6.07, 6.45) is 1.25. The zero-order chi connectivity index (χ0) is 29.4. The number of anilines is 2. The van der Waals surface area contributed by atoms with Crippen LogP contribution in [0.2, 0.25) is 0 Å². The van der Waals surface area contributed by atoms with E-state index in [1.807, 2.05) is 30.3 Å². The number of aryl methyl sites for hydroxylation is 1. The van der Waals surface area contributed by atoms with Crippen LogP contribution in [-0.2, 0) is 9.63 Å². The summed E-state index contributed by atoms with van der Waals surface area (Å²) in [5, 5.41) is 20.5. The van der Waals surface area contributed by atoms with Crippen LogP contribution in [0.1, 0.15) is 43.8 Å². The van der Waals surface area contributed by atoms with Crippen LogP contribution in [0.3, 0.4) is 0 Å². The van der Waals surface area contributed by atoms with Crippen molar-refractivity contribution < 1.29 is 24.3 Å². The standard InChI is InChI=1S/C32H33N5O5/c1-19-14-26-27(16-25(19)32(40)41)35-30(38)28(26)29(20-6-4-3-5-7-20)34-22-10-8-21(9-11-22)31(39)36(2)42-13-12-37-17-23-15-24(18-37)33-23/h3-11,14,16,23-24,33-34H,12-13,15,17-18H2,1-2H3,(H,35,38)(H,40,41)/b29-28-. The molecule has 3 fully saturated rings. The van der Waals surface area contributed by atoms with Crippen molar-refractivity contribution >= 4 is 40.4 Å². The third-order valence-electron chi connectivity index (χ3n) is 8.03. The van der Waals surface area contributed by atoms with E-state index in [4.69, 9.17) is 4.84 Å². The van der Waals surface area contributed by atoms with Gasteiger partial charge in [-0.2, -0.15) is 0 Å². The predicted octanol–water partition coefficient (Wildman–Crippen LogP) is 3.68. The van der Waals surface area contributed by atoms with E-state index in [9.17, 15) is 19.5 Å². The molecule has 42 heavy (non-hydrogen) atoms. The molecule has 10 heteroatoms. The Hall–Kier alpha value is -4.51. The van der Waals surface area contributed by atoms with Gasteiger partial charge in [0, 0.05) is 55.6 Å². The van der Waals surface area contributed by atoms with Crippen molar-refractivity contribution in [2.45, 2.75) is 25.4 Å². The van der Waals surface area contributed by atoms with Crippen molar-refractivity contribution in [2.24, 2.45) is 0 Å². The van der Waals surface area contributed by atoms with E-state index < -0.39 is 5.97 Å². The summed E-state index contributed by atoms with van der Waals surface area (Å²) in [4.78, 5) is 46.0. The first-order valence-corrected chi connectivity index (χ1v) is 14.0. The zero-order valence-corrected chi connectivity index (χ0v) is 23.5. The lowest BCUT2D eigenvalue weighted by Gasteiger charge is -2.48. The number of hydrogen-bond donors (Lipinski definition) is 4. The first-order chi connectivity index (χ1) is 20.3. The molecule has 3 saturated heterocycles. The Balaban J connectivity index is 1.19. The first-order valence-electron chi connectivity index (χ1n) is 14.0. The number of benzene rings is 3. The number of piperazine rings is 1. The van der Waals surface area contributed by atoms with Gasteiger partial charge in [-0.15, -0.1) is 0 Å². The number of nitrogens with one attached hydrogen (secondary N) is 3. The molecule has 2 unspecified atom stereocenters. The van der Waals surface area contributed by atoms with Gasteiger partial charge in [-0.3, -0.25) is 19.3 Å². The van der Waals surface area contributed by atoms with Gasteiger partial charge in [0.2, 0.25) is 0 Å². The molecule has 216 valence electrons. The quantitative estimate of drug-likeness (QED) is 0.228. The molecule has 4 N–H and O–H groups in total. The fraction of sp³-hybridized carbons (Fsp3) is 0.281. The maximum absolute atomic E-state index is 13.2. The molecule has 10 nitrogen and oxygen atoms in total. The SMILES string of the molecule is Cc1cc2c(cc1C(=O)O)NC(=O)/C2=C(\Nc1ccc(C(=O)N(C)OCCN2CC3CC(C2)N3)cc1)c1ccccc1. The second kappa shape index (κ2) is 11.4. The van der Waals surface area contributed by atoms with Crippen LogP contribution in [0.5, 0.6) is 0 Å². The number of fused-ring (bicyclic) bond motifs is 3. The van der Waals surface area contributed by atoms with Gasteiger partial charge in [0.05, 0.1) is 29.1 Å². The van der Waals surface area contributed by atoms with Gasteiger partial charge >= 0.3 is 5.97 Å². The summed E-state index contributed by atoms with van der Waals surface area (Å²) >= 11 is 0. The van der Waals surface area contributed by atoms with E-state index in [2.05, 4.69) is 20.9 Å². The smallest absolute Gasteiger partial charge is 0.336 e. The van der Waals surface area contributed by atoms with Crippen LogP contribution >= 0.6 is 0 Å². The van der Waals surface area contributed by atoms with E-state index in [0.717, 1.165) is 25.2 Å². The highest BCUT2D eigenvalue weighted by atomic mass is 16.7. The molecule has 0 spiro atoms. The number of piperidine rings is 1. The Morgan fingerprint density at radius 3 is 2.40 bits per heavy atom. The van der Waals surface area contributed by atoms with Crippen LogP contribution in [-0.4, -0.2) is 78.2 Å². The van der Waals surface area contributed by atoms with Gasteiger partial charge in [-0.05, 0) is 60.9 Å². The van der Waals surface area contributed by atoms with Crippen LogP contribution < -0.4 is 16.0 Å². The largest absolute Gasteiger partial charge is 0.478 e. The van der Waals surface area contributed by atoms with Crippen LogP contribution in [0, 0.1) is 6.92 Å². The third-order valence-corrected chi connectivity index (χ3v) is 8.03. The topological polar surface area (TPSA) is 123 Å². The van der Waals surface area contributed by atoms with Crippen molar-refractivity contribution in [3.8, 4) is 0 Å². The number of carbonyl (C=O) groups excluding carboxylic acids is 2. The average molecular weight is 568 g/mol. The molecule has 0 aliphatic carbocycles. The van der Waals surface area contributed by atoms with Crippen molar-refractivity contribution in [3.63, 3.8) is 0 Å². The molecule has 3 aromatic carbocycles. The highest BCUT2D eigenvalue weighted by molar-refractivity contribution is 6.37. The monoisotopic (exact) mass is 567 g/mol. The number of amides is 2. The molecule has 2 atom stereocenters. The molecule has 4 aliphatic rings. The molecule has 7 rings (SSSR count). The Kier molecular flexibility index (Phi) is 7.51. The van der Waals surface area contributed by atoms with Crippen LogP contribution in [0.15, 0.2) is 66.7 Å². The zero-order valence-electron chi connectivity index (χ0n) is 23.5. The Morgan fingerprint density at radius 2 is 1.74 bits per heavy atom. The van der Waals surface area contributed by atoms with Gasteiger partial charge in [0.1, 0.15) is 0 Å². The van der Waals surface area contributed by atoms with Crippen LogP contribution in [0.25, 0.3) is 11.3 Å². The Bertz CT molecular complexity index is 1550. The molecule has 3 aromatic rings. The Morgan fingerprint density at radius 1 is 1.05 bits per heavy atom. The second-order valence-corrected chi connectivity index (χ2v) is 11.0. The number of hydroxylamine groups is 2. The highest BCUT2D eigenvalue weighted by Crippen LogP contribution is 2.39. The van der Waals surface area contributed by atoms with E-state index in [1.165, 1.54) is 17.6 Å². The molecule has 0 aromatic heterocycles. The lowest BCUT2D eigenvalue weighted by Crippen LogP contribution is -2.67. The predicted molar refractivity (Wildman–Crippen MR) is 160 cm³/mol. The fourth-order valence-electron chi connectivity index (χ4n) is 5.86. The minimum atomic E-state index is -1.05. The van der Waals surface area contributed by atoms with Crippen molar-refractivity contribution in [1.29, 1.82) is 0 Å². The minimum Gasteiger partial charge on any atom is -0.478 e. The van der Waals surface area contributed by atoms with Gasteiger partial charge in [-0.25, -0.2) is 9.86 Å². The summed E-state index contributed by atoms with van der Waals surface area (Å²) in [7, 11) is 1.62. The number of carbonyl (C=O) groups is 3. The number of rotatable bonds is 9. The van der Waals surface area contributed by atoms with E-state index in [-0.39, 0.29) is 17.4 Å². The van der Waals surface area contributed by atoms with Gasteiger partial charge in [0.25, 0.3) is 11.8 Å². The van der Waals surface area contributed by atoms with Gasteiger partial charge < -0.3 is 21.1 Å². The fourth-order valence-corrected chi connectivity index (χ4v) is 5.86. The summed E-state index contributed by atoms with van der Waals surface area (Å²) < 4.78 is 0. The maximum Gasteiger partial charge on any atom is 0.336 e. The third kappa shape index (κ3) is 5.52. The summed E-state index contributed by atoms with van der Waals surface area (Å²) in [6, 6.07) is 20.8. The summed E-state index contributed by atoms with van der Waals surface area (Å²) in [6.45, 7) is 4.96. The lowest BCUT2D eigenvalue weighted by molar-refractivity contribution is -0.113. The van der Waals surface area contributed by atoms with Gasteiger partial charge in [-0.1, -0.05) is 30.3 Å². The molecular weight excluding hydrogens is 534 g/mol. The normalized spacial score (nSPS) is 20.3. The van der Waals surface area contributed by atoms with E-state index in [0.29, 0.717) is 58.0 Å². The molecule has 4 heterocycles. The number of hydrogen-bond acceptors (Lipinski definition) is 7. The second-order valence-electron chi connectivity index (χ2n) is 11.0. The molecule has 4 aliphatic heterocycles. The summed E-state index contributed by atoms with van der Waals surface area (Å²) in [5.74, 6) is -1.63. The minimum absolute atomic E-state index is 0.138. The number of carboxylic acid groups (broad SMARTS) is 1. The average Bonchev–Trinajstić information content (AvgIpc) is 3.29. The molecule has 2 bridgehead atoms. The van der Waals surface area contributed by atoms with Crippen molar-refractivity contribution in [1.82, 2.24) is 15.3 Å². The van der Waals surface area contributed by atoms with E-state index in [1.54, 1.807) is 44.3 Å². The molecule has 0 radical (unpaired) electrons. The molecule has 2 amide bonds.